The minimum Gasteiger partial charge on any atom is -0.465 e. The summed E-state index contributed by atoms with van der Waals surface area (Å²) in [6.07, 6.45) is 1.54. The van der Waals surface area contributed by atoms with Gasteiger partial charge in [-0.15, -0.1) is 0 Å². The maximum atomic E-state index is 11.6. The van der Waals surface area contributed by atoms with E-state index in [0.717, 1.165) is 4.47 Å². The van der Waals surface area contributed by atoms with Crippen molar-refractivity contribution < 1.29 is 13.9 Å². The summed E-state index contributed by atoms with van der Waals surface area (Å²) in [6, 6.07) is 8.72. The molecule has 0 fully saturated rings. The molecule has 0 bridgehead atoms. The second-order valence-electron chi connectivity index (χ2n) is 3.54. The Hall–Kier alpha value is -1.40. The summed E-state index contributed by atoms with van der Waals surface area (Å²) in [5, 5.41) is 0. The van der Waals surface area contributed by atoms with Crippen molar-refractivity contribution in [1.29, 1.82) is 0 Å². The van der Waals surface area contributed by atoms with Crippen LogP contribution in [-0.4, -0.2) is 19.3 Å². The lowest BCUT2D eigenvalue weighted by atomic mass is 10.2. The Morgan fingerprint density at radius 2 is 2.11 bits per heavy atom. The Morgan fingerprint density at radius 3 is 2.74 bits per heavy atom. The first-order valence-electron chi connectivity index (χ1n) is 5.28. The SMILES string of the molecule is COC(=O)c1ccccc1N=Cc1cc(Br)c(Br)o1. The van der Waals surface area contributed by atoms with E-state index in [1.807, 2.05) is 0 Å². The van der Waals surface area contributed by atoms with Crippen LogP contribution in [0.5, 0.6) is 0 Å². The van der Waals surface area contributed by atoms with Gasteiger partial charge in [-0.1, -0.05) is 12.1 Å². The third-order valence-electron chi connectivity index (χ3n) is 2.30. The summed E-state index contributed by atoms with van der Waals surface area (Å²) in [6.45, 7) is 0. The van der Waals surface area contributed by atoms with Gasteiger partial charge in [-0.05, 0) is 44.0 Å². The topological polar surface area (TPSA) is 51.8 Å². The second-order valence-corrected chi connectivity index (χ2v) is 5.11. The van der Waals surface area contributed by atoms with Crippen molar-refractivity contribution in [2.45, 2.75) is 0 Å². The monoisotopic (exact) mass is 385 g/mol. The van der Waals surface area contributed by atoms with Gasteiger partial charge in [-0.3, -0.25) is 4.99 Å². The molecule has 19 heavy (non-hydrogen) atoms. The molecule has 0 saturated heterocycles. The molecule has 0 aliphatic carbocycles. The Morgan fingerprint density at radius 1 is 1.37 bits per heavy atom. The Bertz CT molecular complexity index is 615. The Kier molecular flexibility index (Phi) is 4.55. The minimum absolute atomic E-state index is 0.408. The number of aliphatic imine (C=N–C) groups is 1. The van der Waals surface area contributed by atoms with Crippen LogP contribution in [0.1, 0.15) is 16.1 Å². The Labute approximate surface area is 126 Å². The van der Waals surface area contributed by atoms with Crippen molar-refractivity contribution in [2.75, 3.05) is 7.11 Å². The smallest absolute Gasteiger partial charge is 0.340 e. The predicted octanol–water partition coefficient (Wildman–Crippen LogP) is 4.34. The van der Waals surface area contributed by atoms with Crippen LogP contribution in [0.15, 0.2) is 48.9 Å². The first-order chi connectivity index (χ1) is 9.11. The fourth-order valence-electron chi connectivity index (χ4n) is 1.43. The van der Waals surface area contributed by atoms with E-state index in [9.17, 15) is 4.79 Å². The van der Waals surface area contributed by atoms with Crippen LogP contribution in [0, 0.1) is 0 Å². The van der Waals surface area contributed by atoms with Gasteiger partial charge in [0, 0.05) is 6.07 Å². The molecule has 4 nitrogen and oxygen atoms in total. The van der Waals surface area contributed by atoms with Crippen molar-refractivity contribution in [3.8, 4) is 0 Å². The van der Waals surface area contributed by atoms with Gasteiger partial charge in [0.25, 0.3) is 0 Å². The molecule has 0 spiro atoms. The number of halogens is 2. The van der Waals surface area contributed by atoms with Gasteiger partial charge in [0.1, 0.15) is 5.76 Å². The molecule has 0 saturated carbocycles. The molecule has 0 unspecified atom stereocenters. The zero-order chi connectivity index (χ0) is 13.8. The summed E-state index contributed by atoms with van der Waals surface area (Å²) in [4.78, 5) is 15.8. The highest BCUT2D eigenvalue weighted by molar-refractivity contribution is 9.13. The number of hydrogen-bond acceptors (Lipinski definition) is 4. The number of methoxy groups -OCH3 is 1. The van der Waals surface area contributed by atoms with Crippen LogP contribution in [-0.2, 0) is 4.74 Å². The number of esters is 1. The fourth-order valence-corrected chi connectivity index (χ4v) is 2.04. The summed E-state index contributed by atoms with van der Waals surface area (Å²) < 4.78 is 11.5. The van der Waals surface area contributed by atoms with Crippen LogP contribution >= 0.6 is 31.9 Å². The average Bonchev–Trinajstić information content (AvgIpc) is 2.75. The van der Waals surface area contributed by atoms with Crippen molar-refractivity contribution in [1.82, 2.24) is 0 Å². The van der Waals surface area contributed by atoms with Crippen LogP contribution in [0.3, 0.4) is 0 Å². The van der Waals surface area contributed by atoms with Gasteiger partial charge >= 0.3 is 5.97 Å². The van der Waals surface area contributed by atoms with E-state index in [2.05, 4.69) is 36.9 Å². The predicted molar refractivity (Wildman–Crippen MR) is 79.1 cm³/mol. The molecular formula is C13H9Br2NO3. The number of benzene rings is 1. The number of para-hydroxylation sites is 1. The molecule has 6 heteroatoms. The van der Waals surface area contributed by atoms with E-state index in [1.165, 1.54) is 13.3 Å². The molecule has 0 atom stereocenters. The number of carbonyl (C=O) groups is 1. The molecule has 2 aromatic rings. The van der Waals surface area contributed by atoms with E-state index in [-0.39, 0.29) is 0 Å². The number of hydrogen-bond donors (Lipinski definition) is 0. The lowest BCUT2D eigenvalue weighted by molar-refractivity contribution is 0.0601. The lowest BCUT2D eigenvalue weighted by Crippen LogP contribution is -2.01. The number of rotatable bonds is 3. The van der Waals surface area contributed by atoms with E-state index >= 15 is 0 Å². The molecule has 1 aromatic heterocycles. The normalized spacial score (nSPS) is 10.9. The molecule has 0 amide bonds. The molecule has 0 N–H and O–H groups in total. The fraction of sp³-hybridized carbons (Fsp3) is 0.0769. The van der Waals surface area contributed by atoms with E-state index in [0.29, 0.717) is 21.7 Å². The Balaban J connectivity index is 2.30. The molecule has 98 valence electrons. The average molecular weight is 387 g/mol. The van der Waals surface area contributed by atoms with E-state index in [4.69, 9.17) is 9.15 Å². The van der Waals surface area contributed by atoms with Gasteiger partial charge in [0.2, 0.25) is 0 Å². The van der Waals surface area contributed by atoms with Gasteiger partial charge in [0.15, 0.2) is 4.67 Å². The highest BCUT2D eigenvalue weighted by Crippen LogP contribution is 2.26. The zero-order valence-corrected chi connectivity index (χ0v) is 13.1. The summed E-state index contributed by atoms with van der Waals surface area (Å²) in [7, 11) is 1.34. The molecule has 0 aliphatic heterocycles. The quantitative estimate of drug-likeness (QED) is 0.582. The third-order valence-corrected chi connectivity index (χ3v) is 4.01. The summed E-state index contributed by atoms with van der Waals surface area (Å²) in [5.74, 6) is 0.146. The molecule has 0 aliphatic rings. The number of nitrogens with zero attached hydrogens (tertiary/aromatic N) is 1. The second kappa shape index (κ2) is 6.16. The molecular weight excluding hydrogens is 378 g/mol. The van der Waals surface area contributed by atoms with Gasteiger partial charge in [-0.25, -0.2) is 4.79 Å². The van der Waals surface area contributed by atoms with Crippen LogP contribution in [0.25, 0.3) is 0 Å². The van der Waals surface area contributed by atoms with Crippen molar-refractivity contribution in [2.24, 2.45) is 4.99 Å². The van der Waals surface area contributed by atoms with E-state index < -0.39 is 5.97 Å². The van der Waals surface area contributed by atoms with Crippen molar-refractivity contribution >= 4 is 49.7 Å². The standard InChI is InChI=1S/C13H9Br2NO3/c1-18-13(17)9-4-2-3-5-11(9)16-7-8-6-10(14)12(15)19-8/h2-7H,1H3. The zero-order valence-electron chi connectivity index (χ0n) is 9.89. The summed E-state index contributed by atoms with van der Waals surface area (Å²) >= 11 is 6.56. The first kappa shape index (κ1) is 14.0. The molecule has 1 aromatic carbocycles. The van der Waals surface area contributed by atoms with Crippen molar-refractivity contribution in [3.05, 3.63) is 50.8 Å². The molecule has 0 radical (unpaired) electrons. The van der Waals surface area contributed by atoms with Gasteiger partial charge in [-0.2, -0.15) is 0 Å². The highest BCUT2D eigenvalue weighted by atomic mass is 79.9. The van der Waals surface area contributed by atoms with Gasteiger partial charge in [0.05, 0.1) is 29.0 Å². The van der Waals surface area contributed by atoms with Crippen LogP contribution in [0.2, 0.25) is 0 Å². The maximum Gasteiger partial charge on any atom is 0.340 e. The minimum atomic E-state index is -0.422. The highest BCUT2D eigenvalue weighted by Gasteiger charge is 2.10. The number of carbonyl (C=O) groups excluding carboxylic acids is 1. The number of ether oxygens (including phenoxy) is 1. The maximum absolute atomic E-state index is 11.6. The largest absolute Gasteiger partial charge is 0.465 e. The number of furan rings is 1. The van der Waals surface area contributed by atoms with Crippen LogP contribution in [0.4, 0.5) is 5.69 Å². The van der Waals surface area contributed by atoms with Crippen molar-refractivity contribution in [3.63, 3.8) is 0 Å². The van der Waals surface area contributed by atoms with Gasteiger partial charge < -0.3 is 9.15 Å². The first-order valence-corrected chi connectivity index (χ1v) is 6.86. The molecule has 2 rings (SSSR count). The molecule has 1 heterocycles. The van der Waals surface area contributed by atoms with E-state index in [1.54, 1.807) is 30.3 Å². The lowest BCUT2D eigenvalue weighted by Gasteiger charge is -2.02. The van der Waals surface area contributed by atoms with Crippen LogP contribution < -0.4 is 0 Å². The summed E-state index contributed by atoms with van der Waals surface area (Å²) in [5.41, 5.74) is 0.934. The third kappa shape index (κ3) is 3.33.